The maximum Gasteiger partial charge on any atom is 0.140 e. The zero-order valence-electron chi connectivity index (χ0n) is 8.41. The maximum atomic E-state index is 11.5. The second-order valence-electron chi connectivity index (χ2n) is 3.75. The molecule has 0 saturated heterocycles. The molecule has 1 heterocycles. The molecule has 1 aromatic rings. The lowest BCUT2D eigenvalue weighted by Crippen LogP contribution is -2.17. The van der Waals surface area contributed by atoms with Gasteiger partial charge in [-0.15, -0.1) is 0 Å². The highest BCUT2D eigenvalue weighted by molar-refractivity contribution is 5.91. The number of carbonyl (C=O) groups is 1. The van der Waals surface area contributed by atoms with Crippen molar-refractivity contribution in [3.05, 3.63) is 24.0 Å². The van der Waals surface area contributed by atoms with Crippen LogP contribution in [0.2, 0.25) is 0 Å². The average molecular weight is 191 g/mol. The predicted octanol–water partition coefficient (Wildman–Crippen LogP) is 1.71. The first-order valence-corrected chi connectivity index (χ1v) is 4.69. The summed E-state index contributed by atoms with van der Waals surface area (Å²) in [6, 6.07) is 1.90. The molecule has 0 radical (unpaired) electrons. The summed E-state index contributed by atoms with van der Waals surface area (Å²) in [4.78, 5) is 15.5. The molecule has 0 spiro atoms. The fraction of sp³-hybridized carbons (Fsp3) is 0.455. The van der Waals surface area contributed by atoms with Crippen LogP contribution in [-0.2, 0) is 10.2 Å². The van der Waals surface area contributed by atoms with Crippen LogP contribution in [0.3, 0.4) is 0 Å². The zero-order chi connectivity index (χ0) is 10.2. The molecule has 1 aliphatic carbocycles. The molecule has 0 amide bonds. The van der Waals surface area contributed by atoms with Crippen molar-refractivity contribution in [1.29, 1.82) is 0 Å². The van der Waals surface area contributed by atoms with Crippen LogP contribution in [-0.4, -0.2) is 17.9 Å². The van der Waals surface area contributed by atoms with Crippen molar-refractivity contribution in [3.8, 4) is 5.75 Å². The lowest BCUT2D eigenvalue weighted by molar-refractivity contribution is -0.119. The second kappa shape index (κ2) is 3.08. The van der Waals surface area contributed by atoms with E-state index in [1.165, 1.54) is 0 Å². The molecule has 1 fully saturated rings. The molecule has 3 heteroatoms. The van der Waals surface area contributed by atoms with Gasteiger partial charge in [-0.05, 0) is 31.4 Å². The second-order valence-corrected chi connectivity index (χ2v) is 3.75. The van der Waals surface area contributed by atoms with Crippen LogP contribution in [0.1, 0.15) is 25.3 Å². The Balaban J connectivity index is 2.37. The van der Waals surface area contributed by atoms with E-state index in [2.05, 4.69) is 4.98 Å². The SMILES string of the molecule is COc1cncc(C2(C(C)=O)CC2)c1. The third kappa shape index (κ3) is 1.29. The molecule has 1 saturated carbocycles. The monoisotopic (exact) mass is 191 g/mol. The van der Waals surface area contributed by atoms with E-state index in [-0.39, 0.29) is 11.2 Å². The van der Waals surface area contributed by atoms with E-state index in [0.29, 0.717) is 0 Å². The van der Waals surface area contributed by atoms with Gasteiger partial charge < -0.3 is 4.74 Å². The highest BCUT2D eigenvalue weighted by atomic mass is 16.5. The van der Waals surface area contributed by atoms with Gasteiger partial charge in [0.15, 0.2) is 0 Å². The lowest BCUT2D eigenvalue weighted by atomic mass is 9.94. The smallest absolute Gasteiger partial charge is 0.140 e. The maximum absolute atomic E-state index is 11.5. The number of hydrogen-bond acceptors (Lipinski definition) is 3. The third-order valence-electron chi connectivity index (χ3n) is 2.93. The average Bonchev–Trinajstić information content (AvgIpc) is 2.98. The molecule has 0 atom stereocenters. The molecular weight excluding hydrogens is 178 g/mol. The summed E-state index contributed by atoms with van der Waals surface area (Å²) in [6.45, 7) is 1.65. The number of aromatic nitrogens is 1. The molecule has 0 aromatic carbocycles. The predicted molar refractivity (Wildman–Crippen MR) is 52.4 cm³/mol. The first-order valence-electron chi connectivity index (χ1n) is 4.69. The molecular formula is C11H13NO2. The Morgan fingerprint density at radius 1 is 1.50 bits per heavy atom. The van der Waals surface area contributed by atoms with E-state index < -0.39 is 0 Å². The quantitative estimate of drug-likeness (QED) is 0.730. The van der Waals surface area contributed by atoms with Crippen LogP contribution in [0.4, 0.5) is 0 Å². The van der Waals surface area contributed by atoms with Gasteiger partial charge in [-0.3, -0.25) is 9.78 Å². The molecule has 14 heavy (non-hydrogen) atoms. The Labute approximate surface area is 83.1 Å². The minimum Gasteiger partial charge on any atom is -0.495 e. The number of nitrogens with zero attached hydrogens (tertiary/aromatic N) is 1. The number of ketones is 1. The van der Waals surface area contributed by atoms with Crippen molar-refractivity contribution < 1.29 is 9.53 Å². The molecule has 0 N–H and O–H groups in total. The van der Waals surface area contributed by atoms with E-state index in [0.717, 1.165) is 24.2 Å². The number of methoxy groups -OCH3 is 1. The number of Topliss-reactive ketones (excluding diaryl/α,β-unsaturated/α-hetero) is 1. The molecule has 0 aliphatic heterocycles. The summed E-state index contributed by atoms with van der Waals surface area (Å²) in [7, 11) is 1.61. The van der Waals surface area contributed by atoms with Crippen LogP contribution < -0.4 is 4.74 Å². The number of hydrogen-bond donors (Lipinski definition) is 0. The van der Waals surface area contributed by atoms with E-state index in [4.69, 9.17) is 4.74 Å². The van der Waals surface area contributed by atoms with Crippen LogP contribution in [0, 0.1) is 0 Å². The Kier molecular flexibility index (Phi) is 2.02. The van der Waals surface area contributed by atoms with Crippen molar-refractivity contribution in [2.45, 2.75) is 25.2 Å². The largest absolute Gasteiger partial charge is 0.495 e. The van der Waals surface area contributed by atoms with Crippen LogP contribution in [0.25, 0.3) is 0 Å². The Bertz CT molecular complexity index is 369. The molecule has 3 nitrogen and oxygen atoms in total. The highest BCUT2D eigenvalue weighted by Crippen LogP contribution is 2.49. The zero-order valence-corrected chi connectivity index (χ0v) is 8.41. The molecule has 0 bridgehead atoms. The van der Waals surface area contributed by atoms with E-state index >= 15 is 0 Å². The summed E-state index contributed by atoms with van der Waals surface area (Å²) in [5.74, 6) is 0.947. The van der Waals surface area contributed by atoms with Crippen molar-refractivity contribution in [2.75, 3.05) is 7.11 Å². The van der Waals surface area contributed by atoms with Gasteiger partial charge in [-0.1, -0.05) is 0 Å². The first kappa shape index (κ1) is 9.19. The normalized spacial score (nSPS) is 17.6. The van der Waals surface area contributed by atoms with Gasteiger partial charge in [0.05, 0.1) is 18.7 Å². The van der Waals surface area contributed by atoms with Gasteiger partial charge in [-0.25, -0.2) is 0 Å². The number of rotatable bonds is 3. The highest BCUT2D eigenvalue weighted by Gasteiger charge is 2.49. The molecule has 74 valence electrons. The van der Waals surface area contributed by atoms with Gasteiger partial charge in [0.25, 0.3) is 0 Å². The van der Waals surface area contributed by atoms with E-state index in [9.17, 15) is 4.79 Å². The number of pyridine rings is 1. The Hall–Kier alpha value is -1.38. The van der Waals surface area contributed by atoms with Crippen molar-refractivity contribution in [3.63, 3.8) is 0 Å². The van der Waals surface area contributed by atoms with Crippen LogP contribution in [0.5, 0.6) is 5.75 Å². The summed E-state index contributed by atoms with van der Waals surface area (Å²) in [5.41, 5.74) is 0.742. The lowest BCUT2D eigenvalue weighted by Gasteiger charge is -2.11. The third-order valence-corrected chi connectivity index (χ3v) is 2.93. The summed E-state index contributed by atoms with van der Waals surface area (Å²) in [6.07, 6.45) is 5.30. The molecule has 2 rings (SSSR count). The fourth-order valence-corrected chi connectivity index (χ4v) is 1.76. The van der Waals surface area contributed by atoms with Gasteiger partial charge in [0.2, 0.25) is 0 Å². The fourth-order valence-electron chi connectivity index (χ4n) is 1.76. The summed E-state index contributed by atoms with van der Waals surface area (Å²) >= 11 is 0. The van der Waals surface area contributed by atoms with Crippen molar-refractivity contribution in [1.82, 2.24) is 4.98 Å². The summed E-state index contributed by atoms with van der Waals surface area (Å²) < 4.78 is 5.08. The topological polar surface area (TPSA) is 39.2 Å². The molecule has 1 aromatic heterocycles. The molecule has 0 unspecified atom stereocenters. The van der Waals surface area contributed by atoms with Gasteiger partial charge >= 0.3 is 0 Å². The minimum atomic E-state index is -0.248. The minimum absolute atomic E-state index is 0.229. The number of carbonyl (C=O) groups excluding carboxylic acids is 1. The van der Waals surface area contributed by atoms with Gasteiger partial charge in [-0.2, -0.15) is 0 Å². The number of ether oxygens (including phenoxy) is 1. The Morgan fingerprint density at radius 3 is 2.71 bits per heavy atom. The standard InChI is InChI=1S/C11H13NO2/c1-8(13)11(3-4-11)9-5-10(14-2)7-12-6-9/h5-7H,3-4H2,1-2H3. The van der Waals surface area contributed by atoms with E-state index in [1.54, 1.807) is 26.4 Å². The van der Waals surface area contributed by atoms with Crippen LogP contribution >= 0.6 is 0 Å². The molecule has 1 aliphatic rings. The van der Waals surface area contributed by atoms with Crippen molar-refractivity contribution >= 4 is 5.78 Å². The van der Waals surface area contributed by atoms with E-state index in [1.807, 2.05) is 6.07 Å². The first-order chi connectivity index (χ1) is 6.69. The van der Waals surface area contributed by atoms with Crippen molar-refractivity contribution in [2.24, 2.45) is 0 Å². The van der Waals surface area contributed by atoms with Crippen LogP contribution in [0.15, 0.2) is 18.5 Å². The summed E-state index contributed by atoms with van der Waals surface area (Å²) in [5, 5.41) is 0. The Morgan fingerprint density at radius 2 is 2.21 bits per heavy atom. The van der Waals surface area contributed by atoms with Gasteiger partial charge in [0, 0.05) is 6.20 Å². The van der Waals surface area contributed by atoms with Gasteiger partial charge in [0.1, 0.15) is 11.5 Å².